The summed E-state index contributed by atoms with van der Waals surface area (Å²) < 4.78 is 6.14. The first-order valence-electron chi connectivity index (χ1n) is 8.40. The van der Waals surface area contributed by atoms with Crippen LogP contribution in [0, 0.1) is 13.8 Å². The predicted molar refractivity (Wildman–Crippen MR) is 95.2 cm³/mol. The van der Waals surface area contributed by atoms with Crippen molar-refractivity contribution in [3.05, 3.63) is 29.3 Å². The van der Waals surface area contributed by atoms with E-state index in [1.807, 2.05) is 4.90 Å². The van der Waals surface area contributed by atoms with Gasteiger partial charge < -0.3 is 14.5 Å². The molecule has 0 atom stereocenters. The smallest absolute Gasteiger partial charge is 0.242 e. The summed E-state index contributed by atoms with van der Waals surface area (Å²) in [7, 11) is 0. The van der Waals surface area contributed by atoms with Gasteiger partial charge in [-0.1, -0.05) is 12.1 Å². The molecule has 2 aliphatic rings. The molecular formula is C18H24N2O3S. The van der Waals surface area contributed by atoms with Gasteiger partial charge in [0.25, 0.3) is 0 Å². The molecular weight excluding hydrogens is 324 g/mol. The molecule has 2 aliphatic heterocycles. The van der Waals surface area contributed by atoms with E-state index >= 15 is 0 Å². The van der Waals surface area contributed by atoms with E-state index in [1.54, 1.807) is 16.7 Å². The highest BCUT2D eigenvalue weighted by Gasteiger charge is 2.28. The van der Waals surface area contributed by atoms with Gasteiger partial charge >= 0.3 is 0 Å². The third kappa shape index (κ3) is 4.04. The number of piperidine rings is 1. The minimum atomic E-state index is 0.0519. The van der Waals surface area contributed by atoms with Crippen LogP contribution in [0.4, 0.5) is 0 Å². The Kier molecular flexibility index (Phi) is 5.33. The third-order valence-electron chi connectivity index (χ3n) is 4.58. The van der Waals surface area contributed by atoms with Crippen LogP contribution in [0.5, 0.6) is 5.75 Å². The molecule has 0 aliphatic carbocycles. The number of benzene rings is 1. The van der Waals surface area contributed by atoms with Crippen LogP contribution in [0.15, 0.2) is 18.2 Å². The van der Waals surface area contributed by atoms with Gasteiger partial charge in [-0.25, -0.2) is 0 Å². The highest BCUT2D eigenvalue weighted by molar-refractivity contribution is 8.00. The van der Waals surface area contributed by atoms with Crippen LogP contribution >= 0.6 is 11.8 Å². The SMILES string of the molecule is Cc1ccc(C)c(OC2CCN(C(=O)CN3CSCC3=O)CC2)c1. The second-order valence-electron chi connectivity index (χ2n) is 6.54. The van der Waals surface area contributed by atoms with Crippen molar-refractivity contribution in [3.63, 3.8) is 0 Å². The molecule has 130 valence electrons. The van der Waals surface area contributed by atoms with Gasteiger partial charge in [-0.3, -0.25) is 9.59 Å². The zero-order chi connectivity index (χ0) is 17.1. The minimum absolute atomic E-state index is 0.0519. The van der Waals surface area contributed by atoms with Crippen molar-refractivity contribution >= 4 is 23.6 Å². The van der Waals surface area contributed by atoms with Crippen LogP contribution in [-0.2, 0) is 9.59 Å². The molecule has 6 heteroatoms. The zero-order valence-corrected chi connectivity index (χ0v) is 15.1. The van der Waals surface area contributed by atoms with Gasteiger partial charge in [-0.05, 0) is 31.0 Å². The van der Waals surface area contributed by atoms with Crippen LogP contribution in [0.25, 0.3) is 0 Å². The Balaban J connectivity index is 1.49. The fourth-order valence-electron chi connectivity index (χ4n) is 3.04. The molecule has 2 heterocycles. The topological polar surface area (TPSA) is 49.9 Å². The lowest BCUT2D eigenvalue weighted by atomic mass is 10.1. The first kappa shape index (κ1) is 17.1. The number of aryl methyl sites for hydroxylation is 2. The van der Waals surface area contributed by atoms with Crippen LogP contribution < -0.4 is 4.74 Å². The van der Waals surface area contributed by atoms with Gasteiger partial charge in [0.1, 0.15) is 18.4 Å². The van der Waals surface area contributed by atoms with Crippen LogP contribution in [0.2, 0.25) is 0 Å². The molecule has 24 heavy (non-hydrogen) atoms. The quantitative estimate of drug-likeness (QED) is 0.837. The zero-order valence-electron chi connectivity index (χ0n) is 14.3. The fourth-order valence-corrected chi connectivity index (χ4v) is 3.94. The molecule has 1 aromatic carbocycles. The summed E-state index contributed by atoms with van der Waals surface area (Å²) in [6, 6.07) is 6.24. The summed E-state index contributed by atoms with van der Waals surface area (Å²) >= 11 is 1.57. The molecule has 5 nitrogen and oxygen atoms in total. The standard InChI is InChI=1S/C18H24N2O3S/c1-13-3-4-14(2)16(9-13)23-15-5-7-19(8-6-15)17(21)10-20-12-24-11-18(20)22/h3-4,9,15H,5-8,10-12H2,1-2H3. The van der Waals surface area contributed by atoms with Crippen molar-refractivity contribution in [2.75, 3.05) is 31.3 Å². The Morgan fingerprint density at radius 2 is 2.04 bits per heavy atom. The van der Waals surface area contributed by atoms with E-state index in [0.717, 1.165) is 24.2 Å². The van der Waals surface area contributed by atoms with Crippen molar-refractivity contribution in [2.24, 2.45) is 0 Å². The molecule has 0 saturated carbocycles. The number of nitrogens with zero attached hydrogens (tertiary/aromatic N) is 2. The number of amides is 2. The van der Waals surface area contributed by atoms with E-state index in [0.29, 0.717) is 24.7 Å². The molecule has 3 rings (SSSR count). The first-order chi connectivity index (χ1) is 11.5. The maximum atomic E-state index is 12.3. The molecule has 1 aromatic rings. The maximum Gasteiger partial charge on any atom is 0.242 e. The van der Waals surface area contributed by atoms with E-state index in [9.17, 15) is 9.59 Å². The van der Waals surface area contributed by atoms with Gasteiger partial charge in [0.2, 0.25) is 11.8 Å². The lowest BCUT2D eigenvalue weighted by Gasteiger charge is -2.33. The second-order valence-corrected chi connectivity index (χ2v) is 7.49. The van der Waals surface area contributed by atoms with Crippen molar-refractivity contribution in [2.45, 2.75) is 32.8 Å². The Labute approximate surface area is 147 Å². The predicted octanol–water partition coefficient (Wildman–Crippen LogP) is 2.21. The largest absolute Gasteiger partial charge is 0.490 e. The number of hydrogen-bond acceptors (Lipinski definition) is 4. The van der Waals surface area contributed by atoms with Crippen molar-refractivity contribution in [1.82, 2.24) is 9.80 Å². The summed E-state index contributed by atoms with van der Waals surface area (Å²) in [5.74, 6) is 2.20. The minimum Gasteiger partial charge on any atom is -0.490 e. The number of hydrogen-bond donors (Lipinski definition) is 0. The molecule has 0 aromatic heterocycles. The molecule has 0 N–H and O–H groups in total. The Morgan fingerprint density at radius 3 is 2.71 bits per heavy atom. The highest BCUT2D eigenvalue weighted by Crippen LogP contribution is 2.24. The number of ether oxygens (including phenoxy) is 1. The normalized spacial score (nSPS) is 19.0. The van der Waals surface area contributed by atoms with E-state index in [4.69, 9.17) is 4.74 Å². The van der Waals surface area contributed by atoms with Crippen LogP contribution in [0.3, 0.4) is 0 Å². The summed E-state index contributed by atoms with van der Waals surface area (Å²) in [4.78, 5) is 27.5. The van der Waals surface area contributed by atoms with Gasteiger partial charge in [0.05, 0.1) is 11.6 Å². The highest BCUT2D eigenvalue weighted by atomic mass is 32.2. The van der Waals surface area contributed by atoms with E-state index in [-0.39, 0.29) is 24.5 Å². The average molecular weight is 348 g/mol. The lowest BCUT2D eigenvalue weighted by molar-refractivity contribution is -0.139. The molecule has 2 saturated heterocycles. The average Bonchev–Trinajstić information content (AvgIpc) is 2.96. The monoisotopic (exact) mass is 348 g/mol. The maximum absolute atomic E-state index is 12.3. The Bertz CT molecular complexity index is 627. The Morgan fingerprint density at radius 1 is 1.29 bits per heavy atom. The number of rotatable bonds is 4. The molecule has 2 amide bonds. The summed E-state index contributed by atoms with van der Waals surface area (Å²) in [6.07, 6.45) is 1.82. The summed E-state index contributed by atoms with van der Waals surface area (Å²) in [5.41, 5.74) is 2.33. The van der Waals surface area contributed by atoms with E-state index in [1.165, 1.54) is 5.56 Å². The van der Waals surface area contributed by atoms with Crippen molar-refractivity contribution in [3.8, 4) is 5.75 Å². The third-order valence-corrected chi connectivity index (χ3v) is 5.53. The summed E-state index contributed by atoms with van der Waals surface area (Å²) in [5, 5.41) is 0. The van der Waals surface area contributed by atoms with Crippen molar-refractivity contribution in [1.29, 1.82) is 0 Å². The van der Waals surface area contributed by atoms with Crippen molar-refractivity contribution < 1.29 is 14.3 Å². The molecule has 2 fully saturated rings. The van der Waals surface area contributed by atoms with Gasteiger partial charge in [0.15, 0.2) is 0 Å². The van der Waals surface area contributed by atoms with Crippen LogP contribution in [0.1, 0.15) is 24.0 Å². The van der Waals surface area contributed by atoms with Gasteiger partial charge in [-0.15, -0.1) is 11.8 Å². The van der Waals surface area contributed by atoms with E-state index < -0.39 is 0 Å². The van der Waals surface area contributed by atoms with Gasteiger partial charge in [0, 0.05) is 25.9 Å². The fraction of sp³-hybridized carbons (Fsp3) is 0.556. The lowest BCUT2D eigenvalue weighted by Crippen LogP contribution is -2.46. The second kappa shape index (κ2) is 7.47. The first-order valence-corrected chi connectivity index (χ1v) is 9.55. The molecule has 0 spiro atoms. The summed E-state index contributed by atoms with van der Waals surface area (Å²) in [6.45, 7) is 5.73. The van der Waals surface area contributed by atoms with Crippen LogP contribution in [-0.4, -0.2) is 59.0 Å². The number of likely N-dealkylation sites (tertiary alicyclic amines) is 1. The molecule has 0 unspecified atom stereocenters. The number of thioether (sulfide) groups is 1. The number of carbonyl (C=O) groups excluding carboxylic acids is 2. The number of carbonyl (C=O) groups is 2. The molecule has 0 radical (unpaired) electrons. The Hall–Kier alpha value is -1.69. The molecule has 0 bridgehead atoms. The van der Waals surface area contributed by atoms with E-state index in [2.05, 4.69) is 32.0 Å². The van der Waals surface area contributed by atoms with Gasteiger partial charge in [-0.2, -0.15) is 0 Å².